The van der Waals surface area contributed by atoms with Crippen LogP contribution in [0.25, 0.3) is 0 Å². The number of carbonyl (C=O) groups excluding carboxylic acids is 4. The summed E-state index contributed by atoms with van der Waals surface area (Å²) in [5.74, 6) is -1.86. The van der Waals surface area contributed by atoms with Crippen LogP contribution in [0.3, 0.4) is 0 Å². The zero-order valence-corrected chi connectivity index (χ0v) is 15.7. The van der Waals surface area contributed by atoms with Crippen LogP contribution in [0.1, 0.15) is 39.5 Å². The highest BCUT2D eigenvalue weighted by Crippen LogP contribution is 2.18. The zero-order valence-electron chi connectivity index (χ0n) is 15.7. The normalized spacial score (nSPS) is 18.3. The molecule has 1 heterocycles. The van der Waals surface area contributed by atoms with Crippen LogP contribution < -0.4 is 27.8 Å². The summed E-state index contributed by atoms with van der Waals surface area (Å²) in [6.45, 7) is 3.56. The van der Waals surface area contributed by atoms with E-state index in [0.29, 0.717) is 38.8 Å². The van der Waals surface area contributed by atoms with Gasteiger partial charge in [0.25, 0.3) is 0 Å². The maximum absolute atomic E-state index is 12.5. The maximum atomic E-state index is 12.5. The second kappa shape index (κ2) is 10.3. The van der Waals surface area contributed by atoms with E-state index in [1.54, 1.807) is 0 Å². The van der Waals surface area contributed by atoms with Crippen molar-refractivity contribution in [2.45, 2.75) is 57.7 Å². The molecule has 0 aliphatic carbocycles. The second-order valence-corrected chi connectivity index (χ2v) is 6.52. The molecule has 0 aromatic carbocycles. The van der Waals surface area contributed by atoms with Crippen molar-refractivity contribution in [2.24, 2.45) is 22.2 Å². The average molecular weight is 383 g/mol. The molecule has 8 N–H and O–H groups in total. The number of primary amides is 1. The van der Waals surface area contributed by atoms with Gasteiger partial charge in [0.2, 0.25) is 23.6 Å². The van der Waals surface area contributed by atoms with Gasteiger partial charge < -0.3 is 32.7 Å². The number of nitrogens with one attached hydrogen (secondary N) is 2. The third-order valence-corrected chi connectivity index (χ3v) is 4.23. The van der Waals surface area contributed by atoms with Gasteiger partial charge in [0.1, 0.15) is 18.1 Å². The Balaban J connectivity index is 2.66. The van der Waals surface area contributed by atoms with E-state index in [-0.39, 0.29) is 17.8 Å². The first kappa shape index (κ1) is 22.2. The summed E-state index contributed by atoms with van der Waals surface area (Å²) in [4.78, 5) is 53.0. The topological polar surface area (TPSA) is 186 Å². The summed E-state index contributed by atoms with van der Waals surface area (Å²) in [6.07, 6.45) is 1.96. The lowest BCUT2D eigenvalue weighted by Gasteiger charge is -2.27. The molecule has 1 saturated heterocycles. The van der Waals surface area contributed by atoms with Crippen LogP contribution in [0.4, 0.5) is 0 Å². The molecule has 0 aromatic rings. The van der Waals surface area contributed by atoms with Crippen LogP contribution in [0, 0.1) is 0 Å². The molecule has 0 radical (unpaired) electrons. The molecule has 0 saturated carbocycles. The molecule has 1 aliphatic heterocycles. The number of nitrogens with zero attached hydrogens (tertiary/aromatic N) is 2. The summed E-state index contributed by atoms with van der Waals surface area (Å²) >= 11 is 0. The quantitative estimate of drug-likeness (QED) is 0.167. The molecule has 1 fully saturated rings. The van der Waals surface area contributed by atoms with Gasteiger partial charge in [-0.25, -0.2) is 0 Å². The average Bonchev–Trinajstić information content (AvgIpc) is 3.06. The molecule has 0 aromatic heterocycles. The van der Waals surface area contributed by atoms with E-state index in [2.05, 4.69) is 15.6 Å². The number of aliphatic imine (C=N–C) groups is 1. The minimum atomic E-state index is -0.855. The molecular formula is C16H29N7O4. The van der Waals surface area contributed by atoms with Crippen molar-refractivity contribution in [1.29, 1.82) is 0 Å². The Morgan fingerprint density at radius 1 is 1.19 bits per heavy atom. The molecule has 0 unspecified atom stereocenters. The number of guanidine groups is 1. The van der Waals surface area contributed by atoms with E-state index >= 15 is 0 Å². The molecular weight excluding hydrogens is 354 g/mol. The van der Waals surface area contributed by atoms with Crippen LogP contribution in [0.2, 0.25) is 0 Å². The fourth-order valence-corrected chi connectivity index (χ4v) is 2.97. The Bertz CT molecular complexity index is 604. The predicted octanol–water partition coefficient (Wildman–Crippen LogP) is -2.47. The van der Waals surface area contributed by atoms with Gasteiger partial charge in [0.05, 0.1) is 0 Å². The van der Waals surface area contributed by atoms with Crippen molar-refractivity contribution in [2.75, 3.05) is 13.1 Å². The number of rotatable bonds is 9. The summed E-state index contributed by atoms with van der Waals surface area (Å²) in [6, 6.07) is -2.33. The summed E-state index contributed by atoms with van der Waals surface area (Å²) in [7, 11) is 0. The lowest BCUT2D eigenvalue weighted by Crippen LogP contribution is -2.55. The van der Waals surface area contributed by atoms with Crippen molar-refractivity contribution in [3.8, 4) is 0 Å². The minimum Gasteiger partial charge on any atom is -0.370 e. The fraction of sp³-hybridized carbons (Fsp3) is 0.688. The van der Waals surface area contributed by atoms with Gasteiger partial charge in [-0.05, 0) is 32.6 Å². The number of hydrogen-bond acceptors (Lipinski definition) is 5. The highest BCUT2D eigenvalue weighted by atomic mass is 16.2. The molecule has 0 bridgehead atoms. The van der Waals surface area contributed by atoms with Gasteiger partial charge in [-0.2, -0.15) is 0 Å². The number of amides is 4. The standard InChI is InChI=1S/C16H29N7O4/c1-9(15(27)23-8-4-6-12(23)13(17)25)21-14(26)11(22-10(2)24)5-3-7-20-16(18)19/h9,11-12H,3-8H2,1-2H3,(H2,17,25)(H,21,26)(H,22,24)(H4,18,19,20)/t9-,11-,12-/m0/s1. The third kappa shape index (κ3) is 7.12. The van der Waals surface area contributed by atoms with Crippen LogP contribution in [0.5, 0.6) is 0 Å². The number of likely N-dealkylation sites (tertiary alicyclic amines) is 1. The van der Waals surface area contributed by atoms with Gasteiger partial charge in [0, 0.05) is 20.0 Å². The minimum absolute atomic E-state index is 0.0515. The zero-order chi connectivity index (χ0) is 20.6. The van der Waals surface area contributed by atoms with Crippen molar-refractivity contribution in [3.05, 3.63) is 0 Å². The Morgan fingerprint density at radius 3 is 2.41 bits per heavy atom. The summed E-state index contributed by atoms with van der Waals surface area (Å²) < 4.78 is 0. The van der Waals surface area contributed by atoms with E-state index in [0.717, 1.165) is 0 Å². The molecule has 152 valence electrons. The van der Waals surface area contributed by atoms with Gasteiger partial charge in [-0.3, -0.25) is 24.2 Å². The Morgan fingerprint density at radius 2 is 1.85 bits per heavy atom. The molecule has 1 aliphatic rings. The van der Waals surface area contributed by atoms with E-state index in [9.17, 15) is 19.2 Å². The van der Waals surface area contributed by atoms with Crippen LogP contribution in [0.15, 0.2) is 4.99 Å². The number of nitrogens with two attached hydrogens (primary N) is 3. The van der Waals surface area contributed by atoms with Gasteiger partial charge >= 0.3 is 0 Å². The first-order valence-corrected chi connectivity index (χ1v) is 8.86. The molecule has 0 spiro atoms. The molecule has 3 atom stereocenters. The largest absolute Gasteiger partial charge is 0.370 e. The van der Waals surface area contributed by atoms with Gasteiger partial charge in [0.15, 0.2) is 5.96 Å². The predicted molar refractivity (Wildman–Crippen MR) is 99.0 cm³/mol. The van der Waals surface area contributed by atoms with Crippen molar-refractivity contribution in [3.63, 3.8) is 0 Å². The van der Waals surface area contributed by atoms with E-state index < -0.39 is 29.9 Å². The summed E-state index contributed by atoms with van der Waals surface area (Å²) in [5, 5.41) is 5.14. The van der Waals surface area contributed by atoms with Crippen LogP contribution >= 0.6 is 0 Å². The fourth-order valence-electron chi connectivity index (χ4n) is 2.97. The molecule has 27 heavy (non-hydrogen) atoms. The van der Waals surface area contributed by atoms with E-state index in [1.807, 2.05) is 0 Å². The Hall–Kier alpha value is -2.85. The molecule has 4 amide bonds. The van der Waals surface area contributed by atoms with E-state index in [1.165, 1.54) is 18.7 Å². The number of hydrogen-bond donors (Lipinski definition) is 5. The lowest BCUT2D eigenvalue weighted by atomic mass is 10.1. The van der Waals surface area contributed by atoms with Crippen molar-refractivity contribution < 1.29 is 19.2 Å². The van der Waals surface area contributed by atoms with Crippen molar-refractivity contribution >= 4 is 29.6 Å². The lowest BCUT2D eigenvalue weighted by molar-refractivity contribution is -0.140. The third-order valence-electron chi connectivity index (χ3n) is 4.23. The van der Waals surface area contributed by atoms with Crippen molar-refractivity contribution in [1.82, 2.24) is 15.5 Å². The summed E-state index contributed by atoms with van der Waals surface area (Å²) in [5.41, 5.74) is 15.8. The SMILES string of the molecule is CC(=O)N[C@@H](CCCN=C(N)N)C(=O)N[C@@H](C)C(=O)N1CCC[C@H]1C(N)=O. The molecule has 11 heteroatoms. The molecule has 1 rings (SSSR count). The molecule has 11 nitrogen and oxygen atoms in total. The maximum Gasteiger partial charge on any atom is 0.245 e. The first-order valence-electron chi connectivity index (χ1n) is 8.86. The number of carbonyl (C=O) groups is 4. The van der Waals surface area contributed by atoms with Crippen LogP contribution in [-0.4, -0.2) is 65.7 Å². The smallest absolute Gasteiger partial charge is 0.245 e. The highest BCUT2D eigenvalue weighted by molar-refractivity contribution is 5.93. The Labute approximate surface area is 158 Å². The highest BCUT2D eigenvalue weighted by Gasteiger charge is 2.35. The Kier molecular flexibility index (Phi) is 8.49. The van der Waals surface area contributed by atoms with Crippen LogP contribution in [-0.2, 0) is 19.2 Å². The van der Waals surface area contributed by atoms with E-state index in [4.69, 9.17) is 17.2 Å². The van der Waals surface area contributed by atoms with Gasteiger partial charge in [-0.1, -0.05) is 0 Å². The van der Waals surface area contributed by atoms with Gasteiger partial charge in [-0.15, -0.1) is 0 Å². The monoisotopic (exact) mass is 383 g/mol. The first-order chi connectivity index (χ1) is 12.6. The second-order valence-electron chi connectivity index (χ2n) is 6.52.